The molecule has 1 amide bonds. The zero-order chi connectivity index (χ0) is 27.6. The molecule has 0 atom stereocenters. The fraction of sp³-hybridized carbons (Fsp3) is 0.276. The van der Waals surface area contributed by atoms with Crippen molar-refractivity contribution < 1.29 is 18.0 Å². The van der Waals surface area contributed by atoms with Gasteiger partial charge in [-0.3, -0.25) is 4.79 Å². The SMILES string of the molecule is CNC1CCN(c2ccc(NC(=O)c3ccc(C)c(C#Cc4cnc5cccnn45)c3)cc2C(F)(F)F)CC1. The van der Waals surface area contributed by atoms with Crippen molar-refractivity contribution in [2.45, 2.75) is 32.0 Å². The molecule has 0 radical (unpaired) electrons. The van der Waals surface area contributed by atoms with E-state index in [1.165, 1.54) is 12.1 Å². The molecule has 5 rings (SSSR count). The van der Waals surface area contributed by atoms with E-state index in [-0.39, 0.29) is 16.9 Å². The van der Waals surface area contributed by atoms with Gasteiger partial charge in [0.2, 0.25) is 0 Å². The normalized spacial score (nSPS) is 14.2. The van der Waals surface area contributed by atoms with Gasteiger partial charge in [0.25, 0.3) is 5.91 Å². The predicted octanol–water partition coefficient (Wildman–Crippen LogP) is 4.90. The second-order valence-electron chi connectivity index (χ2n) is 9.45. The van der Waals surface area contributed by atoms with Crippen molar-refractivity contribution in [1.29, 1.82) is 0 Å². The number of hydrogen-bond acceptors (Lipinski definition) is 5. The number of amides is 1. The van der Waals surface area contributed by atoms with Crippen LogP contribution in [0.5, 0.6) is 0 Å². The standard InChI is InChI=1S/C29H27F3N6O/c1-19-5-6-21(16-20(19)7-9-24-18-34-27-4-3-13-35-38(24)27)28(39)36-23-8-10-26(25(17-23)29(30,31)32)37-14-11-22(33-2)12-15-37/h3-6,8,10,13,16-18,22,33H,11-12,14-15H2,1-2H3,(H,36,39). The number of carbonyl (C=O) groups excluding carboxylic acids is 1. The van der Waals surface area contributed by atoms with Crippen LogP contribution in [0, 0.1) is 18.8 Å². The zero-order valence-electron chi connectivity index (χ0n) is 21.5. The summed E-state index contributed by atoms with van der Waals surface area (Å²) >= 11 is 0. The molecule has 3 heterocycles. The highest BCUT2D eigenvalue weighted by molar-refractivity contribution is 6.04. The van der Waals surface area contributed by atoms with Crippen LogP contribution < -0.4 is 15.5 Å². The van der Waals surface area contributed by atoms with Crippen LogP contribution in [0.2, 0.25) is 0 Å². The summed E-state index contributed by atoms with van der Waals surface area (Å²) in [6.45, 7) is 2.92. The topological polar surface area (TPSA) is 74.6 Å². The van der Waals surface area contributed by atoms with Crippen LogP contribution >= 0.6 is 0 Å². The average molecular weight is 533 g/mol. The molecule has 7 nitrogen and oxygen atoms in total. The molecule has 1 aliphatic heterocycles. The maximum atomic E-state index is 14.0. The number of carbonyl (C=O) groups is 1. The van der Waals surface area contributed by atoms with Crippen molar-refractivity contribution in [2.75, 3.05) is 30.4 Å². The second-order valence-corrected chi connectivity index (χ2v) is 9.45. The van der Waals surface area contributed by atoms with E-state index in [0.717, 1.165) is 24.5 Å². The van der Waals surface area contributed by atoms with Crippen molar-refractivity contribution >= 4 is 22.9 Å². The predicted molar refractivity (Wildman–Crippen MR) is 144 cm³/mol. The van der Waals surface area contributed by atoms with E-state index >= 15 is 0 Å². The molecule has 0 saturated carbocycles. The molecule has 0 bridgehead atoms. The molecule has 1 fully saturated rings. The quantitative estimate of drug-likeness (QED) is 0.366. The molecule has 2 N–H and O–H groups in total. The summed E-state index contributed by atoms with van der Waals surface area (Å²) in [7, 11) is 1.86. The van der Waals surface area contributed by atoms with E-state index in [1.807, 2.05) is 20.0 Å². The molecular formula is C29H27F3N6O. The van der Waals surface area contributed by atoms with Crippen molar-refractivity contribution in [3.8, 4) is 11.8 Å². The molecule has 39 heavy (non-hydrogen) atoms. The van der Waals surface area contributed by atoms with E-state index in [4.69, 9.17) is 0 Å². The molecular weight excluding hydrogens is 505 g/mol. The number of benzene rings is 2. The minimum absolute atomic E-state index is 0.0752. The first kappa shape index (κ1) is 26.3. The van der Waals surface area contributed by atoms with E-state index in [9.17, 15) is 18.0 Å². The lowest BCUT2D eigenvalue weighted by Crippen LogP contribution is -2.41. The Morgan fingerprint density at radius 1 is 1.08 bits per heavy atom. The van der Waals surface area contributed by atoms with E-state index in [2.05, 4.69) is 32.6 Å². The number of alkyl halides is 3. The van der Waals surface area contributed by atoms with E-state index in [0.29, 0.717) is 36.0 Å². The summed E-state index contributed by atoms with van der Waals surface area (Å²) in [4.78, 5) is 19.0. The van der Waals surface area contributed by atoms with Gasteiger partial charge in [-0.2, -0.15) is 18.3 Å². The molecule has 1 aliphatic rings. The van der Waals surface area contributed by atoms with Gasteiger partial charge in [-0.15, -0.1) is 0 Å². The number of nitrogens with one attached hydrogen (secondary N) is 2. The van der Waals surface area contributed by atoms with Gasteiger partial charge in [0.1, 0.15) is 5.69 Å². The van der Waals surface area contributed by atoms with E-state index in [1.54, 1.807) is 46.1 Å². The fourth-order valence-corrected chi connectivity index (χ4v) is 4.67. The zero-order valence-corrected chi connectivity index (χ0v) is 21.5. The van der Waals surface area contributed by atoms with Crippen molar-refractivity contribution in [1.82, 2.24) is 19.9 Å². The Balaban J connectivity index is 1.37. The number of aromatic nitrogens is 3. The van der Waals surface area contributed by atoms with Gasteiger partial charge in [-0.25, -0.2) is 9.50 Å². The number of fused-ring (bicyclic) bond motifs is 1. The Hall–Kier alpha value is -4.36. The molecule has 200 valence electrons. The van der Waals surface area contributed by atoms with Gasteiger partial charge in [-0.05, 0) is 80.8 Å². The third-order valence-corrected chi connectivity index (χ3v) is 6.91. The molecule has 2 aromatic carbocycles. The lowest BCUT2D eigenvalue weighted by molar-refractivity contribution is -0.137. The van der Waals surface area contributed by atoms with Crippen LogP contribution in [0.1, 0.15) is 45.6 Å². The molecule has 10 heteroatoms. The third-order valence-electron chi connectivity index (χ3n) is 6.91. The van der Waals surface area contributed by atoms with Gasteiger partial charge < -0.3 is 15.5 Å². The number of rotatable bonds is 4. The van der Waals surface area contributed by atoms with Gasteiger partial charge >= 0.3 is 6.18 Å². The minimum atomic E-state index is -4.56. The van der Waals surface area contributed by atoms with Crippen LogP contribution in [-0.4, -0.2) is 46.7 Å². The Kier molecular flexibility index (Phi) is 7.26. The number of halogens is 3. The van der Waals surface area contributed by atoms with Crippen LogP contribution in [0.3, 0.4) is 0 Å². The number of hydrogen-bond donors (Lipinski definition) is 2. The molecule has 1 saturated heterocycles. The number of nitrogens with zero attached hydrogens (tertiary/aromatic N) is 4. The number of imidazole rings is 1. The van der Waals surface area contributed by atoms with Gasteiger partial charge in [0, 0.05) is 47.8 Å². The highest BCUT2D eigenvalue weighted by atomic mass is 19.4. The van der Waals surface area contributed by atoms with Crippen LogP contribution in [0.15, 0.2) is 60.9 Å². The maximum Gasteiger partial charge on any atom is 0.418 e. The fourth-order valence-electron chi connectivity index (χ4n) is 4.67. The van der Waals surface area contributed by atoms with Gasteiger partial charge in [0.05, 0.1) is 11.8 Å². The summed E-state index contributed by atoms with van der Waals surface area (Å²) in [6.07, 6.45) is 0.219. The van der Waals surface area contributed by atoms with Gasteiger partial charge in [0.15, 0.2) is 5.65 Å². The molecule has 0 unspecified atom stereocenters. The summed E-state index contributed by atoms with van der Waals surface area (Å²) < 4.78 is 43.6. The van der Waals surface area contributed by atoms with Gasteiger partial charge in [-0.1, -0.05) is 12.0 Å². The molecule has 0 aliphatic carbocycles. The van der Waals surface area contributed by atoms with Crippen molar-refractivity contribution in [2.24, 2.45) is 0 Å². The molecule has 2 aromatic heterocycles. The minimum Gasteiger partial charge on any atom is -0.371 e. The number of piperidine rings is 1. The second kappa shape index (κ2) is 10.8. The first-order valence-electron chi connectivity index (χ1n) is 12.6. The maximum absolute atomic E-state index is 14.0. The summed E-state index contributed by atoms with van der Waals surface area (Å²) in [5.41, 5.74) is 2.45. The lowest BCUT2D eigenvalue weighted by Gasteiger charge is -2.35. The Labute approximate surface area is 224 Å². The first-order chi connectivity index (χ1) is 18.7. The molecule has 0 spiro atoms. The highest BCUT2D eigenvalue weighted by Gasteiger charge is 2.36. The lowest BCUT2D eigenvalue weighted by atomic mass is 10.0. The van der Waals surface area contributed by atoms with Crippen LogP contribution in [0.25, 0.3) is 5.65 Å². The summed E-state index contributed by atoms with van der Waals surface area (Å²) in [6, 6.07) is 12.9. The summed E-state index contributed by atoms with van der Waals surface area (Å²) in [5, 5.41) is 10.0. The summed E-state index contributed by atoms with van der Waals surface area (Å²) in [5.74, 6) is 5.57. The number of anilines is 2. The largest absolute Gasteiger partial charge is 0.418 e. The molecule has 4 aromatic rings. The van der Waals surface area contributed by atoms with Crippen molar-refractivity contribution in [3.63, 3.8) is 0 Å². The number of aryl methyl sites for hydroxylation is 1. The monoisotopic (exact) mass is 532 g/mol. The Morgan fingerprint density at radius 3 is 2.62 bits per heavy atom. The highest BCUT2D eigenvalue weighted by Crippen LogP contribution is 2.39. The Bertz CT molecular complexity index is 1580. The van der Waals surface area contributed by atoms with Crippen LogP contribution in [-0.2, 0) is 6.18 Å². The first-order valence-corrected chi connectivity index (χ1v) is 12.6. The van der Waals surface area contributed by atoms with Crippen LogP contribution in [0.4, 0.5) is 24.5 Å². The smallest absolute Gasteiger partial charge is 0.371 e. The average Bonchev–Trinajstić information content (AvgIpc) is 3.35. The van der Waals surface area contributed by atoms with E-state index < -0.39 is 17.6 Å². The Morgan fingerprint density at radius 2 is 1.87 bits per heavy atom. The van der Waals surface area contributed by atoms with Crippen molar-refractivity contribution in [3.05, 3.63) is 88.9 Å². The third kappa shape index (κ3) is 5.73.